The van der Waals surface area contributed by atoms with Gasteiger partial charge >= 0.3 is 0 Å². The summed E-state index contributed by atoms with van der Waals surface area (Å²) < 4.78 is 5.93. The van der Waals surface area contributed by atoms with Crippen molar-refractivity contribution in [2.24, 2.45) is 11.8 Å². The van der Waals surface area contributed by atoms with Crippen LogP contribution in [0.1, 0.15) is 52.6 Å². The van der Waals surface area contributed by atoms with Crippen molar-refractivity contribution < 1.29 is 4.42 Å². The van der Waals surface area contributed by atoms with Gasteiger partial charge in [-0.15, -0.1) is 0 Å². The second-order valence-electron chi connectivity index (χ2n) is 7.50. The molecule has 1 aromatic heterocycles. The summed E-state index contributed by atoms with van der Waals surface area (Å²) in [7, 11) is 0. The summed E-state index contributed by atoms with van der Waals surface area (Å²) in [4.78, 5) is 2.52. The van der Waals surface area contributed by atoms with Gasteiger partial charge in [0.15, 0.2) is 0 Å². The minimum Gasteiger partial charge on any atom is -0.463 e. The third-order valence-electron chi connectivity index (χ3n) is 4.14. The molecule has 0 aliphatic carbocycles. The lowest BCUT2D eigenvalue weighted by atomic mass is 9.95. The Kier molecular flexibility index (Phi) is 4.92. The van der Waals surface area contributed by atoms with Gasteiger partial charge in [-0.25, -0.2) is 0 Å². The van der Waals surface area contributed by atoms with E-state index >= 15 is 0 Å². The van der Waals surface area contributed by atoms with Gasteiger partial charge < -0.3 is 9.73 Å². The van der Waals surface area contributed by atoms with E-state index in [1.165, 1.54) is 19.5 Å². The van der Waals surface area contributed by atoms with Crippen LogP contribution in [0.25, 0.3) is 0 Å². The first-order valence-electron chi connectivity index (χ1n) is 7.88. The van der Waals surface area contributed by atoms with Gasteiger partial charge in [-0.2, -0.15) is 0 Å². The summed E-state index contributed by atoms with van der Waals surface area (Å²) in [6, 6.07) is 4.23. The molecule has 0 aromatic carbocycles. The Bertz CT molecular complexity index is 417. The first-order valence-corrected chi connectivity index (χ1v) is 7.88. The molecule has 20 heavy (non-hydrogen) atoms. The Hall–Kier alpha value is -0.800. The SMILES string of the molecule is CC(C)C1CCN(Cc2ccc(CNC(C)(C)C)o2)C1. The molecular formula is C17H30N2O. The lowest BCUT2D eigenvalue weighted by Crippen LogP contribution is -2.34. The van der Waals surface area contributed by atoms with Crippen LogP contribution in [-0.2, 0) is 13.1 Å². The fraction of sp³-hybridized carbons (Fsp3) is 0.765. The highest BCUT2D eigenvalue weighted by molar-refractivity contribution is 5.07. The number of rotatable bonds is 5. The zero-order valence-corrected chi connectivity index (χ0v) is 13.7. The summed E-state index contributed by atoms with van der Waals surface area (Å²) in [5.74, 6) is 3.78. The third kappa shape index (κ3) is 4.64. The first kappa shape index (κ1) is 15.6. The molecule has 1 aromatic rings. The van der Waals surface area contributed by atoms with E-state index in [2.05, 4.69) is 57.0 Å². The number of likely N-dealkylation sites (tertiary alicyclic amines) is 1. The topological polar surface area (TPSA) is 28.4 Å². The normalized spacial score (nSPS) is 21.0. The Morgan fingerprint density at radius 3 is 2.60 bits per heavy atom. The highest BCUT2D eigenvalue weighted by atomic mass is 16.3. The van der Waals surface area contributed by atoms with Crippen molar-refractivity contribution in [2.45, 2.75) is 59.7 Å². The van der Waals surface area contributed by atoms with Crippen LogP contribution in [0.2, 0.25) is 0 Å². The molecule has 3 nitrogen and oxygen atoms in total. The molecule has 0 saturated carbocycles. The fourth-order valence-corrected chi connectivity index (χ4v) is 2.73. The molecule has 0 spiro atoms. The van der Waals surface area contributed by atoms with Crippen molar-refractivity contribution in [1.82, 2.24) is 10.2 Å². The van der Waals surface area contributed by atoms with Gasteiger partial charge in [-0.05, 0) is 57.7 Å². The number of hydrogen-bond acceptors (Lipinski definition) is 3. The molecule has 1 saturated heterocycles. The van der Waals surface area contributed by atoms with Crippen molar-refractivity contribution in [2.75, 3.05) is 13.1 Å². The Morgan fingerprint density at radius 2 is 2.00 bits per heavy atom. The lowest BCUT2D eigenvalue weighted by molar-refractivity contribution is 0.267. The molecule has 0 amide bonds. The monoisotopic (exact) mass is 278 g/mol. The maximum atomic E-state index is 5.93. The van der Waals surface area contributed by atoms with Crippen molar-refractivity contribution in [1.29, 1.82) is 0 Å². The van der Waals surface area contributed by atoms with E-state index in [9.17, 15) is 0 Å². The van der Waals surface area contributed by atoms with Crippen LogP contribution < -0.4 is 5.32 Å². The molecule has 1 atom stereocenters. The average Bonchev–Trinajstić information content (AvgIpc) is 2.95. The molecule has 3 heteroatoms. The van der Waals surface area contributed by atoms with Crippen LogP contribution >= 0.6 is 0 Å². The summed E-state index contributed by atoms with van der Waals surface area (Å²) in [5.41, 5.74) is 0.131. The van der Waals surface area contributed by atoms with Gasteiger partial charge in [0.2, 0.25) is 0 Å². The van der Waals surface area contributed by atoms with Gasteiger partial charge in [0.05, 0.1) is 13.1 Å². The molecule has 2 heterocycles. The molecule has 1 fully saturated rings. The van der Waals surface area contributed by atoms with Gasteiger partial charge in [0, 0.05) is 12.1 Å². The van der Waals surface area contributed by atoms with E-state index in [-0.39, 0.29) is 5.54 Å². The van der Waals surface area contributed by atoms with Crippen molar-refractivity contribution in [3.8, 4) is 0 Å². The molecule has 0 radical (unpaired) electrons. The van der Waals surface area contributed by atoms with E-state index in [0.29, 0.717) is 0 Å². The molecule has 114 valence electrons. The lowest BCUT2D eigenvalue weighted by Gasteiger charge is -2.19. The summed E-state index contributed by atoms with van der Waals surface area (Å²) >= 11 is 0. The fourth-order valence-electron chi connectivity index (χ4n) is 2.73. The van der Waals surface area contributed by atoms with Gasteiger partial charge in [0.1, 0.15) is 11.5 Å². The zero-order valence-electron chi connectivity index (χ0n) is 13.7. The number of nitrogens with one attached hydrogen (secondary N) is 1. The molecule has 2 rings (SSSR count). The smallest absolute Gasteiger partial charge is 0.118 e. The molecule has 1 aliphatic rings. The number of furan rings is 1. The van der Waals surface area contributed by atoms with E-state index in [4.69, 9.17) is 4.42 Å². The number of nitrogens with zero attached hydrogens (tertiary/aromatic N) is 1. The van der Waals surface area contributed by atoms with Gasteiger partial charge in [-0.3, -0.25) is 4.90 Å². The summed E-state index contributed by atoms with van der Waals surface area (Å²) in [6.07, 6.45) is 1.33. The number of hydrogen-bond donors (Lipinski definition) is 1. The largest absolute Gasteiger partial charge is 0.463 e. The standard InChI is InChI=1S/C17H30N2O/c1-13(2)14-8-9-19(11-14)12-16-7-6-15(20-16)10-18-17(3,4)5/h6-7,13-14,18H,8-12H2,1-5H3. The first-order chi connectivity index (χ1) is 9.33. The van der Waals surface area contributed by atoms with Crippen molar-refractivity contribution in [3.05, 3.63) is 23.7 Å². The summed E-state index contributed by atoms with van der Waals surface area (Å²) in [6.45, 7) is 15.4. The highest BCUT2D eigenvalue weighted by Gasteiger charge is 2.25. The van der Waals surface area contributed by atoms with Crippen LogP contribution in [0.5, 0.6) is 0 Å². The predicted molar refractivity (Wildman–Crippen MR) is 83.5 cm³/mol. The van der Waals surface area contributed by atoms with Crippen molar-refractivity contribution in [3.63, 3.8) is 0 Å². The molecule has 1 aliphatic heterocycles. The molecule has 0 bridgehead atoms. The molecule has 1 unspecified atom stereocenters. The van der Waals surface area contributed by atoms with Crippen LogP contribution in [-0.4, -0.2) is 23.5 Å². The van der Waals surface area contributed by atoms with Crippen LogP contribution in [0.4, 0.5) is 0 Å². The minimum absolute atomic E-state index is 0.131. The summed E-state index contributed by atoms with van der Waals surface area (Å²) in [5, 5.41) is 3.46. The maximum absolute atomic E-state index is 5.93. The Balaban J connectivity index is 1.81. The van der Waals surface area contributed by atoms with Gasteiger partial charge in [-0.1, -0.05) is 13.8 Å². The zero-order chi connectivity index (χ0) is 14.8. The van der Waals surface area contributed by atoms with Gasteiger partial charge in [0.25, 0.3) is 0 Å². The van der Waals surface area contributed by atoms with Crippen molar-refractivity contribution >= 4 is 0 Å². The van der Waals surface area contributed by atoms with E-state index < -0.39 is 0 Å². The van der Waals surface area contributed by atoms with E-state index in [1.807, 2.05) is 0 Å². The van der Waals surface area contributed by atoms with Crippen LogP contribution in [0.15, 0.2) is 16.5 Å². The third-order valence-corrected chi connectivity index (χ3v) is 4.14. The molecular weight excluding hydrogens is 248 g/mol. The Labute approximate surface area is 123 Å². The van der Waals surface area contributed by atoms with Crippen LogP contribution in [0.3, 0.4) is 0 Å². The maximum Gasteiger partial charge on any atom is 0.118 e. The second-order valence-corrected chi connectivity index (χ2v) is 7.50. The second kappa shape index (κ2) is 6.31. The highest BCUT2D eigenvalue weighted by Crippen LogP contribution is 2.25. The van der Waals surface area contributed by atoms with Crippen LogP contribution in [0, 0.1) is 11.8 Å². The Morgan fingerprint density at radius 1 is 1.30 bits per heavy atom. The average molecular weight is 278 g/mol. The minimum atomic E-state index is 0.131. The predicted octanol–water partition coefficient (Wildman–Crippen LogP) is 3.65. The molecule has 1 N–H and O–H groups in total. The van der Waals surface area contributed by atoms with E-state index in [0.717, 1.165) is 36.4 Å². The van der Waals surface area contributed by atoms with E-state index in [1.54, 1.807) is 0 Å². The quantitative estimate of drug-likeness (QED) is 0.891.